The highest BCUT2D eigenvalue weighted by Crippen LogP contribution is 2.18. The summed E-state index contributed by atoms with van der Waals surface area (Å²) in [6.07, 6.45) is 80.4. The first kappa shape index (κ1) is 72.1. The number of nitrogens with one attached hydrogen (secondary N) is 1. The predicted molar refractivity (Wildman–Crippen MR) is 324 cm³/mol. The van der Waals surface area contributed by atoms with Crippen molar-refractivity contribution in [3.8, 4) is 0 Å². The second-order valence-electron chi connectivity index (χ2n) is 22.8. The van der Waals surface area contributed by atoms with Crippen molar-refractivity contribution >= 4 is 11.9 Å². The van der Waals surface area contributed by atoms with Crippen LogP contribution in [0.15, 0.2) is 36.5 Å². The summed E-state index contributed by atoms with van der Waals surface area (Å²) in [6.45, 7) is 4.95. The first-order chi connectivity index (χ1) is 36.5. The van der Waals surface area contributed by atoms with E-state index < -0.39 is 12.1 Å². The number of unbranched alkanes of at least 4 members (excludes halogenated alkanes) is 45. The Morgan fingerprint density at radius 1 is 0.378 bits per heavy atom. The molecule has 0 saturated carbocycles. The van der Waals surface area contributed by atoms with E-state index in [0.29, 0.717) is 25.9 Å². The van der Waals surface area contributed by atoms with Crippen molar-refractivity contribution < 1.29 is 24.5 Å². The average molecular weight is 1040 g/mol. The van der Waals surface area contributed by atoms with Crippen LogP contribution in [-0.2, 0) is 14.3 Å². The number of carbonyl (C=O) groups excluding carboxylic acids is 2. The van der Waals surface area contributed by atoms with Crippen LogP contribution in [0.3, 0.4) is 0 Å². The van der Waals surface area contributed by atoms with E-state index in [1.54, 1.807) is 0 Å². The Bertz CT molecular complexity index is 1200. The van der Waals surface area contributed by atoms with Crippen LogP contribution in [-0.4, -0.2) is 47.4 Å². The molecule has 0 aliphatic carbocycles. The molecular formula is C68H129NO5. The second-order valence-corrected chi connectivity index (χ2v) is 22.8. The first-order valence-electron chi connectivity index (χ1n) is 33.2. The molecule has 0 aromatic rings. The Balaban J connectivity index is 3.38. The number of ether oxygens (including phenoxy) is 1. The second kappa shape index (κ2) is 63.6. The normalized spacial score (nSPS) is 12.8. The van der Waals surface area contributed by atoms with Crippen molar-refractivity contribution in [1.82, 2.24) is 5.32 Å². The molecule has 0 heterocycles. The Morgan fingerprint density at radius 2 is 0.676 bits per heavy atom. The van der Waals surface area contributed by atoms with Crippen LogP contribution in [0, 0.1) is 0 Å². The van der Waals surface area contributed by atoms with E-state index >= 15 is 0 Å². The van der Waals surface area contributed by atoms with Crippen LogP contribution in [0.1, 0.15) is 361 Å². The van der Waals surface area contributed by atoms with Crippen molar-refractivity contribution in [1.29, 1.82) is 0 Å². The molecule has 2 atom stereocenters. The highest BCUT2D eigenvalue weighted by atomic mass is 16.5. The Kier molecular flexibility index (Phi) is 62.0. The van der Waals surface area contributed by atoms with E-state index in [2.05, 4.69) is 55.6 Å². The largest absolute Gasteiger partial charge is 0.466 e. The lowest BCUT2D eigenvalue weighted by atomic mass is 10.0. The van der Waals surface area contributed by atoms with Crippen LogP contribution in [0.5, 0.6) is 0 Å². The van der Waals surface area contributed by atoms with Crippen LogP contribution in [0.4, 0.5) is 0 Å². The molecule has 0 saturated heterocycles. The molecule has 6 nitrogen and oxygen atoms in total. The molecule has 74 heavy (non-hydrogen) atoms. The summed E-state index contributed by atoms with van der Waals surface area (Å²) in [5.41, 5.74) is 0. The summed E-state index contributed by atoms with van der Waals surface area (Å²) in [7, 11) is 0. The van der Waals surface area contributed by atoms with Gasteiger partial charge in [-0.15, -0.1) is 0 Å². The van der Waals surface area contributed by atoms with Gasteiger partial charge in [-0.2, -0.15) is 0 Å². The lowest BCUT2D eigenvalue weighted by Gasteiger charge is -2.22. The van der Waals surface area contributed by atoms with Gasteiger partial charge < -0.3 is 20.3 Å². The molecule has 0 aliphatic heterocycles. The SMILES string of the molecule is CCCCCC/C=C\CCCCCCCC(=O)OCCCCCCCCCCC/C=C\C/C=C\CCCCCCCCCCCCCCCCCC(=O)NC(CO)C(O)CCCCCCCCCCCCCCC. The molecule has 0 aromatic carbocycles. The number of hydrogen-bond donors (Lipinski definition) is 3. The zero-order valence-corrected chi connectivity index (χ0v) is 49.8. The van der Waals surface area contributed by atoms with Gasteiger partial charge in [0.2, 0.25) is 5.91 Å². The number of rotatable bonds is 62. The van der Waals surface area contributed by atoms with E-state index in [1.807, 2.05) is 0 Å². The van der Waals surface area contributed by atoms with E-state index in [9.17, 15) is 19.8 Å². The maximum atomic E-state index is 12.5. The molecule has 0 fully saturated rings. The number of aliphatic hydroxyl groups is 2. The smallest absolute Gasteiger partial charge is 0.305 e. The van der Waals surface area contributed by atoms with Crippen molar-refractivity contribution in [2.45, 2.75) is 373 Å². The predicted octanol–water partition coefficient (Wildman–Crippen LogP) is 21.1. The third-order valence-electron chi connectivity index (χ3n) is 15.4. The van der Waals surface area contributed by atoms with Gasteiger partial charge in [0.15, 0.2) is 0 Å². The number of aliphatic hydroxyl groups excluding tert-OH is 2. The third kappa shape index (κ3) is 59.3. The summed E-state index contributed by atoms with van der Waals surface area (Å²) in [5, 5.41) is 23.3. The van der Waals surface area contributed by atoms with Gasteiger partial charge >= 0.3 is 5.97 Å². The topological polar surface area (TPSA) is 95.9 Å². The molecule has 0 bridgehead atoms. The zero-order chi connectivity index (χ0) is 53.6. The van der Waals surface area contributed by atoms with Gasteiger partial charge in [-0.05, 0) is 83.5 Å². The minimum absolute atomic E-state index is 0.00397. The van der Waals surface area contributed by atoms with Gasteiger partial charge in [0.1, 0.15) is 0 Å². The lowest BCUT2D eigenvalue weighted by molar-refractivity contribution is -0.143. The molecule has 0 rings (SSSR count). The Hall–Kier alpha value is -1.92. The van der Waals surface area contributed by atoms with Crippen LogP contribution >= 0.6 is 0 Å². The molecule has 2 unspecified atom stereocenters. The number of allylic oxidation sites excluding steroid dienone is 6. The zero-order valence-electron chi connectivity index (χ0n) is 49.8. The van der Waals surface area contributed by atoms with E-state index in [4.69, 9.17) is 4.74 Å². The minimum atomic E-state index is -0.663. The monoisotopic (exact) mass is 1040 g/mol. The number of esters is 1. The summed E-state index contributed by atoms with van der Waals surface area (Å²) in [5.74, 6) is -0.0292. The van der Waals surface area contributed by atoms with Gasteiger partial charge in [0, 0.05) is 12.8 Å². The standard InChI is InChI=1S/C68H129NO5/c1-3-5-7-9-11-13-15-36-40-44-48-52-56-60-66(71)65(64-70)69-67(72)61-57-53-49-45-41-38-34-32-30-28-26-24-22-20-18-17-19-21-23-25-27-29-31-33-35-39-43-47-51-55-59-63-74-68(73)62-58-54-50-46-42-37-16-14-12-10-8-6-4-2/h14,16,19,21,25,27,65-66,70-71H,3-13,15,17-18,20,22-24,26,28-64H2,1-2H3,(H,69,72)/b16-14-,21-19-,27-25-. The van der Waals surface area contributed by atoms with Gasteiger partial charge in [0.05, 0.1) is 25.4 Å². The highest BCUT2D eigenvalue weighted by molar-refractivity contribution is 5.76. The molecule has 0 aromatic heterocycles. The maximum Gasteiger partial charge on any atom is 0.305 e. The van der Waals surface area contributed by atoms with Crippen LogP contribution < -0.4 is 5.32 Å². The maximum absolute atomic E-state index is 12.5. The number of hydrogen-bond acceptors (Lipinski definition) is 5. The van der Waals surface area contributed by atoms with E-state index in [0.717, 1.165) is 51.4 Å². The van der Waals surface area contributed by atoms with Gasteiger partial charge in [-0.3, -0.25) is 9.59 Å². The molecule has 436 valence electrons. The number of carbonyl (C=O) groups is 2. The van der Waals surface area contributed by atoms with Gasteiger partial charge in [-0.25, -0.2) is 0 Å². The van der Waals surface area contributed by atoms with Crippen molar-refractivity contribution in [3.05, 3.63) is 36.5 Å². The summed E-state index contributed by atoms with van der Waals surface area (Å²) in [6, 6.07) is -0.540. The van der Waals surface area contributed by atoms with Crippen molar-refractivity contribution in [3.63, 3.8) is 0 Å². The summed E-state index contributed by atoms with van der Waals surface area (Å²) >= 11 is 0. The van der Waals surface area contributed by atoms with E-state index in [-0.39, 0.29) is 18.5 Å². The van der Waals surface area contributed by atoms with Crippen molar-refractivity contribution in [2.75, 3.05) is 13.2 Å². The Morgan fingerprint density at radius 3 is 1.05 bits per heavy atom. The molecule has 3 N–H and O–H groups in total. The van der Waals surface area contributed by atoms with Crippen LogP contribution in [0.2, 0.25) is 0 Å². The minimum Gasteiger partial charge on any atom is -0.466 e. The first-order valence-corrected chi connectivity index (χ1v) is 33.2. The van der Waals surface area contributed by atoms with Crippen LogP contribution in [0.25, 0.3) is 0 Å². The van der Waals surface area contributed by atoms with Gasteiger partial charge in [0.25, 0.3) is 0 Å². The van der Waals surface area contributed by atoms with Crippen molar-refractivity contribution in [2.24, 2.45) is 0 Å². The summed E-state index contributed by atoms with van der Waals surface area (Å²) < 4.78 is 5.47. The fourth-order valence-electron chi connectivity index (χ4n) is 10.3. The molecule has 6 heteroatoms. The molecule has 0 radical (unpaired) electrons. The lowest BCUT2D eigenvalue weighted by Crippen LogP contribution is -2.45. The molecule has 0 aliphatic rings. The molecule has 0 spiro atoms. The van der Waals surface area contributed by atoms with E-state index in [1.165, 1.54) is 276 Å². The third-order valence-corrected chi connectivity index (χ3v) is 15.4. The summed E-state index contributed by atoms with van der Waals surface area (Å²) in [4.78, 5) is 24.5. The van der Waals surface area contributed by atoms with Gasteiger partial charge in [-0.1, -0.05) is 301 Å². The fourth-order valence-corrected chi connectivity index (χ4v) is 10.3. The average Bonchev–Trinajstić information content (AvgIpc) is 3.40. The molecular weight excluding hydrogens is 911 g/mol. The Labute approximate surface area is 462 Å². The molecule has 1 amide bonds. The highest BCUT2D eigenvalue weighted by Gasteiger charge is 2.20. The fraction of sp³-hybridized carbons (Fsp3) is 0.882. The quantitative estimate of drug-likeness (QED) is 0.0320. The number of amides is 1.